The molecule has 154 valence electrons. The molecule has 0 saturated heterocycles. The molecule has 0 saturated carbocycles. The maximum atomic E-state index is 12.8. The lowest BCUT2D eigenvalue weighted by Crippen LogP contribution is -2.23. The van der Waals surface area contributed by atoms with E-state index in [-0.39, 0.29) is 5.91 Å². The van der Waals surface area contributed by atoms with Crippen LogP contribution in [-0.4, -0.2) is 15.5 Å². The number of carbonyl (C=O) groups excluding carboxylic acids is 1. The number of nitrogens with zero attached hydrogens (tertiary/aromatic N) is 2. The smallest absolute Gasteiger partial charge is 0.253 e. The Hall–Kier alpha value is -2.74. The molecule has 0 unspecified atom stereocenters. The molecule has 1 aromatic carbocycles. The number of hydrogen-bond donors (Lipinski definition) is 2. The van der Waals surface area contributed by atoms with Crippen LogP contribution in [0.2, 0.25) is 0 Å². The number of amides is 1. The highest BCUT2D eigenvalue weighted by Crippen LogP contribution is 2.26. The minimum absolute atomic E-state index is 0.0607. The molecule has 7 heteroatoms. The second-order valence-electron chi connectivity index (χ2n) is 7.23. The molecule has 0 spiro atoms. The van der Waals surface area contributed by atoms with E-state index >= 15 is 0 Å². The van der Waals surface area contributed by atoms with Crippen LogP contribution in [0.5, 0.6) is 0 Å². The van der Waals surface area contributed by atoms with Crippen molar-refractivity contribution in [2.45, 2.75) is 33.5 Å². The molecule has 3 N–H and O–H groups in total. The zero-order chi connectivity index (χ0) is 21.1. The first-order valence-electron chi connectivity index (χ1n) is 9.75. The van der Waals surface area contributed by atoms with Gasteiger partial charge in [0.25, 0.3) is 5.91 Å². The number of thiophene rings is 1. The molecule has 5 nitrogen and oxygen atoms in total. The van der Waals surface area contributed by atoms with Gasteiger partial charge in [-0.2, -0.15) is 11.3 Å². The average molecular weight is 437 g/mol. The standard InChI is InChI=1S/C23H24N4OS2/c1-15-9-21(22(28)25-11-18-5-3-17(10-24)4-6-18)16(2)27(15)12-20-14-30-23(26-20)19-7-8-29-13-19/h3-9,13-14H,10-12,24H2,1-2H3,(H,25,28). The van der Waals surface area contributed by atoms with Gasteiger partial charge in [0.2, 0.25) is 0 Å². The normalized spacial score (nSPS) is 11.0. The van der Waals surface area contributed by atoms with E-state index in [1.165, 1.54) is 0 Å². The fraction of sp³-hybridized carbons (Fsp3) is 0.217. The maximum absolute atomic E-state index is 12.8. The largest absolute Gasteiger partial charge is 0.348 e. The third-order valence-electron chi connectivity index (χ3n) is 5.17. The molecule has 1 amide bonds. The van der Waals surface area contributed by atoms with Gasteiger partial charge in [-0.25, -0.2) is 4.98 Å². The summed E-state index contributed by atoms with van der Waals surface area (Å²) in [5, 5.41) is 10.3. The SMILES string of the molecule is Cc1cc(C(=O)NCc2ccc(CN)cc2)c(C)n1Cc1csc(-c2ccsc2)n1. The number of benzene rings is 1. The molecule has 4 aromatic rings. The van der Waals surface area contributed by atoms with Crippen molar-refractivity contribution in [1.82, 2.24) is 14.9 Å². The van der Waals surface area contributed by atoms with Gasteiger partial charge in [0.1, 0.15) is 5.01 Å². The number of hydrogen-bond acceptors (Lipinski definition) is 5. The molecule has 0 aliphatic carbocycles. The molecule has 3 heterocycles. The van der Waals surface area contributed by atoms with Gasteiger partial charge in [0.15, 0.2) is 0 Å². The molecule has 3 aromatic heterocycles. The summed E-state index contributed by atoms with van der Waals surface area (Å²) in [4.78, 5) is 17.6. The molecule has 0 aliphatic rings. The third kappa shape index (κ3) is 4.38. The predicted molar refractivity (Wildman–Crippen MR) is 124 cm³/mol. The first-order chi connectivity index (χ1) is 14.5. The zero-order valence-electron chi connectivity index (χ0n) is 17.0. The van der Waals surface area contributed by atoms with Gasteiger partial charge >= 0.3 is 0 Å². The number of thiazole rings is 1. The van der Waals surface area contributed by atoms with Crippen molar-refractivity contribution >= 4 is 28.6 Å². The van der Waals surface area contributed by atoms with Crippen molar-refractivity contribution in [3.05, 3.63) is 86.3 Å². The van der Waals surface area contributed by atoms with Gasteiger partial charge in [-0.3, -0.25) is 4.79 Å². The molecule has 0 fully saturated rings. The molecule has 0 aliphatic heterocycles. The lowest BCUT2D eigenvalue weighted by molar-refractivity contribution is 0.0950. The van der Waals surface area contributed by atoms with E-state index in [4.69, 9.17) is 10.7 Å². The van der Waals surface area contributed by atoms with Gasteiger partial charge < -0.3 is 15.6 Å². The Kier molecular flexibility index (Phi) is 6.13. The monoisotopic (exact) mass is 436 g/mol. The summed E-state index contributed by atoms with van der Waals surface area (Å²) in [7, 11) is 0. The van der Waals surface area contributed by atoms with Crippen LogP contribution >= 0.6 is 22.7 Å². The van der Waals surface area contributed by atoms with Gasteiger partial charge in [-0.05, 0) is 42.5 Å². The van der Waals surface area contributed by atoms with E-state index in [0.717, 1.165) is 38.8 Å². The Morgan fingerprint density at radius 1 is 1.13 bits per heavy atom. The Morgan fingerprint density at radius 2 is 1.90 bits per heavy atom. The third-order valence-corrected chi connectivity index (χ3v) is 6.79. The Balaban J connectivity index is 1.45. The Labute approximate surface area is 184 Å². The van der Waals surface area contributed by atoms with Crippen LogP contribution in [0.25, 0.3) is 10.6 Å². The van der Waals surface area contributed by atoms with Crippen LogP contribution in [-0.2, 0) is 19.6 Å². The van der Waals surface area contributed by atoms with Crippen molar-refractivity contribution in [3.63, 3.8) is 0 Å². The molecular formula is C23H24N4OS2. The van der Waals surface area contributed by atoms with Gasteiger partial charge in [0.05, 0.1) is 17.8 Å². The van der Waals surface area contributed by atoms with E-state index in [9.17, 15) is 4.79 Å². The lowest BCUT2D eigenvalue weighted by atomic mass is 10.1. The van der Waals surface area contributed by atoms with Gasteiger partial charge in [-0.1, -0.05) is 24.3 Å². The molecular weight excluding hydrogens is 412 g/mol. The van der Waals surface area contributed by atoms with Crippen LogP contribution in [0.1, 0.15) is 38.6 Å². The number of nitrogens with two attached hydrogens (primary N) is 1. The molecule has 0 atom stereocenters. The van der Waals surface area contributed by atoms with Crippen LogP contribution in [0.3, 0.4) is 0 Å². The van der Waals surface area contributed by atoms with E-state index in [1.807, 2.05) is 44.2 Å². The fourth-order valence-corrected chi connectivity index (χ4v) is 4.93. The highest BCUT2D eigenvalue weighted by molar-refractivity contribution is 7.14. The van der Waals surface area contributed by atoms with Crippen LogP contribution < -0.4 is 11.1 Å². The van der Waals surface area contributed by atoms with E-state index in [2.05, 4.69) is 32.1 Å². The quantitative estimate of drug-likeness (QED) is 0.440. The summed E-state index contributed by atoms with van der Waals surface area (Å²) >= 11 is 3.33. The van der Waals surface area contributed by atoms with Crippen molar-refractivity contribution in [1.29, 1.82) is 0 Å². The molecule has 0 radical (unpaired) electrons. The van der Waals surface area contributed by atoms with E-state index < -0.39 is 0 Å². The van der Waals surface area contributed by atoms with Crippen molar-refractivity contribution in [2.75, 3.05) is 0 Å². The summed E-state index contributed by atoms with van der Waals surface area (Å²) in [6.07, 6.45) is 0. The Bertz CT molecular complexity index is 1140. The van der Waals surface area contributed by atoms with Crippen LogP contribution in [0.4, 0.5) is 0 Å². The van der Waals surface area contributed by atoms with Crippen molar-refractivity contribution < 1.29 is 4.79 Å². The fourth-order valence-electron chi connectivity index (χ4n) is 3.41. The minimum Gasteiger partial charge on any atom is -0.348 e. The molecule has 30 heavy (non-hydrogen) atoms. The zero-order valence-corrected chi connectivity index (χ0v) is 18.6. The first kappa shape index (κ1) is 20.5. The molecule has 0 bridgehead atoms. The van der Waals surface area contributed by atoms with Crippen LogP contribution in [0, 0.1) is 13.8 Å². The average Bonchev–Trinajstić information content (AvgIpc) is 3.50. The topological polar surface area (TPSA) is 72.9 Å². The summed E-state index contributed by atoms with van der Waals surface area (Å²) in [6.45, 7) is 5.69. The highest BCUT2D eigenvalue weighted by atomic mass is 32.1. The number of aromatic nitrogens is 2. The highest BCUT2D eigenvalue weighted by Gasteiger charge is 2.17. The summed E-state index contributed by atoms with van der Waals surface area (Å²) < 4.78 is 2.15. The second-order valence-corrected chi connectivity index (χ2v) is 8.87. The van der Waals surface area contributed by atoms with Crippen LogP contribution in [0.15, 0.2) is 52.5 Å². The van der Waals surface area contributed by atoms with Gasteiger partial charge in [-0.15, -0.1) is 11.3 Å². The van der Waals surface area contributed by atoms with E-state index in [0.29, 0.717) is 25.2 Å². The number of rotatable bonds is 7. The minimum atomic E-state index is -0.0607. The number of carbonyl (C=O) groups is 1. The maximum Gasteiger partial charge on any atom is 0.253 e. The first-order valence-corrected chi connectivity index (χ1v) is 11.6. The summed E-state index contributed by atoms with van der Waals surface area (Å²) in [5.41, 5.74) is 12.7. The predicted octanol–water partition coefficient (Wildman–Crippen LogP) is 4.73. The Morgan fingerprint density at radius 3 is 2.60 bits per heavy atom. The number of nitrogens with one attached hydrogen (secondary N) is 1. The summed E-state index contributed by atoms with van der Waals surface area (Å²) in [6, 6.07) is 12.0. The summed E-state index contributed by atoms with van der Waals surface area (Å²) in [5.74, 6) is -0.0607. The van der Waals surface area contributed by atoms with Gasteiger partial charge in [0, 0.05) is 40.8 Å². The number of aryl methyl sites for hydroxylation is 1. The molecule has 4 rings (SSSR count). The second kappa shape index (κ2) is 8.95. The van der Waals surface area contributed by atoms with E-state index in [1.54, 1.807) is 22.7 Å². The van der Waals surface area contributed by atoms with Crippen molar-refractivity contribution in [3.8, 4) is 10.6 Å². The lowest BCUT2D eigenvalue weighted by Gasteiger charge is -2.09. The van der Waals surface area contributed by atoms with Crippen molar-refractivity contribution in [2.24, 2.45) is 5.73 Å².